The molecule has 0 fully saturated rings. The van der Waals surface area contributed by atoms with E-state index in [1.54, 1.807) is 62.2 Å². The molecule has 2 heterocycles. The Kier molecular flexibility index (Phi) is 5.51. The fourth-order valence-electron chi connectivity index (χ4n) is 3.54. The van der Waals surface area contributed by atoms with Crippen LogP contribution in [-0.2, 0) is 4.79 Å². The van der Waals surface area contributed by atoms with E-state index in [4.69, 9.17) is 38.4 Å². The van der Waals surface area contributed by atoms with Crippen LogP contribution in [0.4, 0.5) is 5.95 Å². The Hall–Kier alpha value is -3.23. The number of ether oxygens (including phenoxy) is 2. The number of hydrogen-bond donors (Lipinski definition) is 2. The number of nitrogens with two attached hydrogens (primary N) is 1. The topological polar surface area (TPSA) is 104 Å². The van der Waals surface area contributed by atoms with Crippen LogP contribution in [0.1, 0.15) is 18.5 Å². The summed E-state index contributed by atoms with van der Waals surface area (Å²) >= 11 is 12.5. The highest BCUT2D eigenvalue weighted by molar-refractivity contribution is 6.35. The number of anilines is 1. The average Bonchev–Trinajstić information content (AvgIpc) is 3.16. The zero-order chi connectivity index (χ0) is 22.3. The van der Waals surface area contributed by atoms with E-state index < -0.39 is 11.9 Å². The van der Waals surface area contributed by atoms with Crippen molar-refractivity contribution in [2.45, 2.75) is 13.0 Å². The van der Waals surface area contributed by atoms with Crippen LogP contribution in [0, 0.1) is 0 Å². The Labute approximate surface area is 188 Å². The van der Waals surface area contributed by atoms with Crippen LogP contribution in [0.25, 0.3) is 11.4 Å². The van der Waals surface area contributed by atoms with E-state index in [-0.39, 0.29) is 0 Å². The Morgan fingerprint density at radius 3 is 2.39 bits per heavy atom. The molecule has 1 amide bonds. The number of fused-ring (bicyclic) bond motifs is 1. The molecule has 1 aliphatic heterocycles. The zero-order valence-electron chi connectivity index (χ0n) is 16.9. The molecule has 10 heteroatoms. The van der Waals surface area contributed by atoms with Crippen molar-refractivity contribution in [2.24, 2.45) is 5.73 Å². The minimum absolute atomic E-state index is 0.330. The molecule has 0 saturated heterocycles. The number of allylic oxidation sites excluding steroid dienone is 1. The van der Waals surface area contributed by atoms with Crippen molar-refractivity contribution in [1.82, 2.24) is 14.8 Å². The lowest BCUT2D eigenvalue weighted by Crippen LogP contribution is -2.32. The summed E-state index contributed by atoms with van der Waals surface area (Å²) in [7, 11) is 3.13. The second-order valence-corrected chi connectivity index (χ2v) is 7.74. The summed E-state index contributed by atoms with van der Waals surface area (Å²) in [5, 5.41) is 8.63. The number of methoxy groups -OCH3 is 2. The van der Waals surface area contributed by atoms with Gasteiger partial charge in [-0.1, -0.05) is 29.3 Å². The maximum atomic E-state index is 12.3. The highest BCUT2D eigenvalue weighted by Gasteiger charge is 2.34. The third-order valence-electron chi connectivity index (χ3n) is 4.98. The number of nitrogens with zero attached hydrogens (tertiary/aromatic N) is 3. The molecule has 8 nitrogen and oxygen atoms in total. The zero-order valence-corrected chi connectivity index (χ0v) is 18.5. The SMILES string of the molecule is COc1cc(OC)cc(-c2nc3n(n2)C(c2ccc(Cl)cc2Cl)C(C(N)=O)=C(C)N3)c1. The fourth-order valence-corrected chi connectivity index (χ4v) is 4.05. The number of rotatable bonds is 5. The summed E-state index contributed by atoms with van der Waals surface area (Å²) in [5.41, 5.74) is 7.92. The molecule has 0 bridgehead atoms. The Morgan fingerprint density at radius 2 is 1.81 bits per heavy atom. The minimum Gasteiger partial charge on any atom is -0.497 e. The van der Waals surface area contributed by atoms with Gasteiger partial charge in [-0.3, -0.25) is 4.79 Å². The largest absolute Gasteiger partial charge is 0.497 e. The molecule has 1 aliphatic rings. The summed E-state index contributed by atoms with van der Waals surface area (Å²) < 4.78 is 12.3. The van der Waals surface area contributed by atoms with Gasteiger partial charge in [0.25, 0.3) is 0 Å². The van der Waals surface area contributed by atoms with Crippen molar-refractivity contribution in [2.75, 3.05) is 19.5 Å². The van der Waals surface area contributed by atoms with Gasteiger partial charge in [-0.05, 0) is 31.2 Å². The van der Waals surface area contributed by atoms with E-state index in [1.807, 2.05) is 0 Å². The molecular formula is C21H19Cl2N5O3. The van der Waals surface area contributed by atoms with Crippen LogP contribution in [-0.4, -0.2) is 34.9 Å². The third kappa shape index (κ3) is 3.80. The van der Waals surface area contributed by atoms with Gasteiger partial charge in [0.2, 0.25) is 11.9 Å². The summed E-state index contributed by atoms with van der Waals surface area (Å²) in [6.07, 6.45) is 0. The standard InChI is InChI=1S/C21H19Cl2N5O3/c1-10-17(19(24)29)18(15-5-4-12(22)8-16(15)23)28-21(25-10)26-20(27-28)11-6-13(30-2)9-14(7-11)31-3/h4-9,18H,1-3H3,(H2,24,29)(H,25,26,27). The van der Waals surface area contributed by atoms with Crippen LogP contribution < -0.4 is 20.5 Å². The first-order valence-corrected chi connectivity index (χ1v) is 10.0. The lowest BCUT2D eigenvalue weighted by atomic mass is 9.95. The first-order chi connectivity index (χ1) is 14.8. The maximum Gasteiger partial charge on any atom is 0.248 e. The quantitative estimate of drug-likeness (QED) is 0.596. The number of nitrogens with one attached hydrogen (secondary N) is 1. The van der Waals surface area contributed by atoms with Crippen molar-refractivity contribution < 1.29 is 14.3 Å². The first kappa shape index (κ1) is 21.0. The second kappa shape index (κ2) is 8.13. The van der Waals surface area contributed by atoms with E-state index in [2.05, 4.69) is 15.4 Å². The normalized spacial score (nSPS) is 15.3. The molecule has 0 spiro atoms. The molecule has 160 valence electrons. The van der Waals surface area contributed by atoms with E-state index >= 15 is 0 Å². The van der Waals surface area contributed by atoms with Crippen LogP contribution in [0.2, 0.25) is 10.0 Å². The van der Waals surface area contributed by atoms with Crippen LogP contribution in [0.3, 0.4) is 0 Å². The molecule has 0 radical (unpaired) electrons. The van der Waals surface area contributed by atoms with Gasteiger partial charge >= 0.3 is 0 Å². The predicted molar refractivity (Wildman–Crippen MR) is 119 cm³/mol. The monoisotopic (exact) mass is 459 g/mol. The molecule has 31 heavy (non-hydrogen) atoms. The van der Waals surface area contributed by atoms with Gasteiger partial charge in [0.05, 0.1) is 19.8 Å². The number of carbonyl (C=O) groups is 1. The lowest BCUT2D eigenvalue weighted by molar-refractivity contribution is -0.115. The van der Waals surface area contributed by atoms with Gasteiger partial charge in [0.1, 0.15) is 17.5 Å². The van der Waals surface area contributed by atoms with E-state index in [1.165, 1.54) is 0 Å². The van der Waals surface area contributed by atoms with Gasteiger partial charge < -0.3 is 20.5 Å². The molecule has 1 atom stereocenters. The van der Waals surface area contributed by atoms with Gasteiger partial charge in [0, 0.05) is 32.9 Å². The van der Waals surface area contributed by atoms with Crippen molar-refractivity contribution in [1.29, 1.82) is 0 Å². The number of aromatic nitrogens is 3. The molecule has 0 saturated carbocycles. The smallest absolute Gasteiger partial charge is 0.248 e. The molecular weight excluding hydrogens is 441 g/mol. The maximum absolute atomic E-state index is 12.3. The Balaban J connectivity index is 1.90. The fraction of sp³-hybridized carbons (Fsp3) is 0.190. The van der Waals surface area contributed by atoms with Crippen LogP contribution in [0.15, 0.2) is 47.7 Å². The number of hydrogen-bond acceptors (Lipinski definition) is 6. The predicted octanol–water partition coefficient (Wildman–Crippen LogP) is 4.04. The Morgan fingerprint density at radius 1 is 1.13 bits per heavy atom. The second-order valence-electron chi connectivity index (χ2n) is 6.90. The number of halogens is 2. The highest BCUT2D eigenvalue weighted by Crippen LogP contribution is 2.40. The third-order valence-corrected chi connectivity index (χ3v) is 5.55. The van der Waals surface area contributed by atoms with Gasteiger partial charge in [-0.15, -0.1) is 5.10 Å². The van der Waals surface area contributed by atoms with Gasteiger partial charge in [-0.2, -0.15) is 4.98 Å². The summed E-state index contributed by atoms with van der Waals surface area (Å²) in [6.45, 7) is 1.75. The van der Waals surface area contributed by atoms with Crippen molar-refractivity contribution >= 4 is 35.1 Å². The number of primary amides is 1. The Bertz CT molecular complexity index is 1200. The van der Waals surface area contributed by atoms with E-state index in [9.17, 15) is 4.79 Å². The molecule has 2 aromatic carbocycles. The summed E-state index contributed by atoms with van der Waals surface area (Å²) in [6, 6.07) is 9.73. The molecule has 1 unspecified atom stereocenters. The van der Waals surface area contributed by atoms with Crippen molar-refractivity contribution in [3.8, 4) is 22.9 Å². The summed E-state index contributed by atoms with van der Waals surface area (Å²) in [4.78, 5) is 17.0. The first-order valence-electron chi connectivity index (χ1n) is 9.25. The number of benzene rings is 2. The van der Waals surface area contributed by atoms with E-state index in [0.29, 0.717) is 55.7 Å². The van der Waals surface area contributed by atoms with Crippen LogP contribution in [0.5, 0.6) is 11.5 Å². The highest BCUT2D eigenvalue weighted by atomic mass is 35.5. The molecule has 4 rings (SSSR count). The van der Waals surface area contributed by atoms with Crippen molar-refractivity contribution in [3.63, 3.8) is 0 Å². The molecule has 1 aromatic heterocycles. The summed E-state index contributed by atoms with van der Waals surface area (Å²) in [5.74, 6) is 1.45. The van der Waals surface area contributed by atoms with Crippen LogP contribution >= 0.6 is 23.2 Å². The van der Waals surface area contributed by atoms with E-state index in [0.717, 1.165) is 0 Å². The number of carbonyl (C=O) groups excluding carboxylic acids is 1. The minimum atomic E-state index is -0.674. The average molecular weight is 460 g/mol. The molecule has 3 aromatic rings. The lowest BCUT2D eigenvalue weighted by Gasteiger charge is -2.28. The van der Waals surface area contributed by atoms with Gasteiger partial charge in [0.15, 0.2) is 5.82 Å². The van der Waals surface area contributed by atoms with Crippen molar-refractivity contribution in [3.05, 3.63) is 63.3 Å². The molecule has 0 aliphatic carbocycles. The van der Waals surface area contributed by atoms with Gasteiger partial charge in [-0.25, -0.2) is 4.68 Å². The number of amides is 1. The molecule has 3 N–H and O–H groups in total.